The van der Waals surface area contributed by atoms with Gasteiger partial charge in [0.2, 0.25) is 0 Å². The molecule has 2 rings (SSSR count). The summed E-state index contributed by atoms with van der Waals surface area (Å²) in [4.78, 5) is 4.27. The van der Waals surface area contributed by atoms with Crippen LogP contribution < -0.4 is 4.74 Å². The van der Waals surface area contributed by atoms with Crippen LogP contribution in [0.3, 0.4) is 0 Å². The Morgan fingerprint density at radius 3 is 2.48 bits per heavy atom. The van der Waals surface area contributed by atoms with Gasteiger partial charge in [0.05, 0.1) is 18.0 Å². The maximum atomic E-state index is 9.76. The first-order chi connectivity index (χ1) is 10.2. The zero-order chi connectivity index (χ0) is 15.2. The van der Waals surface area contributed by atoms with Crippen LogP contribution in [0.2, 0.25) is 0 Å². The highest BCUT2D eigenvalue weighted by Gasteiger charge is 2.11. The highest BCUT2D eigenvalue weighted by Crippen LogP contribution is 2.32. The molecule has 0 radical (unpaired) electrons. The van der Waals surface area contributed by atoms with Gasteiger partial charge in [0.25, 0.3) is 0 Å². The van der Waals surface area contributed by atoms with Gasteiger partial charge in [-0.1, -0.05) is 39.0 Å². The number of aliphatic hydroxyl groups excluding tert-OH is 1. The van der Waals surface area contributed by atoms with Crippen molar-refractivity contribution in [1.29, 1.82) is 0 Å². The lowest BCUT2D eigenvalue weighted by Gasteiger charge is -2.15. The predicted octanol–water partition coefficient (Wildman–Crippen LogP) is 4.83. The van der Waals surface area contributed by atoms with Crippen LogP contribution >= 0.6 is 0 Å². The molecule has 0 aliphatic rings. The van der Waals surface area contributed by atoms with E-state index in [0.29, 0.717) is 23.8 Å². The Bertz CT molecular complexity index is 566. The molecule has 21 heavy (non-hydrogen) atoms. The third kappa shape index (κ3) is 3.82. The highest BCUT2D eigenvalue weighted by molar-refractivity contribution is 5.39. The molecule has 3 nitrogen and oxygen atoms in total. The van der Waals surface area contributed by atoms with Crippen LogP contribution in [0.25, 0.3) is 0 Å². The minimum absolute atomic E-state index is 0.454. The van der Waals surface area contributed by atoms with E-state index in [1.807, 2.05) is 37.3 Å². The van der Waals surface area contributed by atoms with Crippen LogP contribution in [0.4, 0.5) is 0 Å². The molecule has 3 heteroatoms. The lowest BCUT2D eigenvalue weighted by molar-refractivity contribution is 0.169. The van der Waals surface area contributed by atoms with E-state index in [1.165, 1.54) is 5.56 Å². The molecular formula is C18H23NO2. The zero-order valence-electron chi connectivity index (χ0n) is 12.9. The smallest absolute Gasteiger partial charge is 0.145 e. The number of pyridine rings is 1. The first-order valence-corrected chi connectivity index (χ1v) is 7.56. The monoisotopic (exact) mass is 285 g/mol. The third-order valence-corrected chi connectivity index (χ3v) is 3.78. The fourth-order valence-corrected chi connectivity index (χ4v) is 2.19. The largest absolute Gasteiger partial charge is 0.455 e. The molecule has 1 aromatic carbocycles. The summed E-state index contributed by atoms with van der Waals surface area (Å²) in [6.45, 7) is 6.30. The van der Waals surface area contributed by atoms with Gasteiger partial charge in [-0.25, -0.2) is 0 Å². The maximum absolute atomic E-state index is 9.76. The standard InChI is InChI=1S/C18H23NO2/c1-4-13(3)15-8-6-7-9-18(15)21-14-10-11-16(19-12-14)17(20)5-2/h6-13,17,20H,4-5H2,1-3H3/t13?,17-/m1/s1. The van der Waals surface area contributed by atoms with Gasteiger partial charge in [0.1, 0.15) is 11.5 Å². The topological polar surface area (TPSA) is 42.4 Å². The van der Waals surface area contributed by atoms with Crippen molar-refractivity contribution in [2.24, 2.45) is 0 Å². The normalized spacial score (nSPS) is 13.7. The van der Waals surface area contributed by atoms with Crippen LogP contribution in [-0.4, -0.2) is 10.1 Å². The first-order valence-electron chi connectivity index (χ1n) is 7.56. The Hall–Kier alpha value is -1.87. The predicted molar refractivity (Wildman–Crippen MR) is 84.7 cm³/mol. The van der Waals surface area contributed by atoms with Crippen LogP contribution in [0.1, 0.15) is 56.9 Å². The number of aliphatic hydroxyl groups is 1. The van der Waals surface area contributed by atoms with Crippen molar-refractivity contribution in [1.82, 2.24) is 4.98 Å². The summed E-state index contributed by atoms with van der Waals surface area (Å²) >= 11 is 0. The molecule has 0 aliphatic heterocycles. The van der Waals surface area contributed by atoms with E-state index in [9.17, 15) is 5.11 Å². The SMILES string of the molecule is CCC(C)c1ccccc1Oc1ccc([C@H](O)CC)nc1. The van der Waals surface area contributed by atoms with E-state index in [4.69, 9.17) is 4.74 Å². The lowest BCUT2D eigenvalue weighted by atomic mass is 9.98. The third-order valence-electron chi connectivity index (χ3n) is 3.78. The van der Waals surface area contributed by atoms with Crippen LogP contribution in [-0.2, 0) is 0 Å². The fourth-order valence-electron chi connectivity index (χ4n) is 2.19. The molecule has 1 heterocycles. The number of hydrogen-bond donors (Lipinski definition) is 1. The average molecular weight is 285 g/mol. The minimum atomic E-state index is -0.508. The van der Waals surface area contributed by atoms with Gasteiger partial charge in [0, 0.05) is 0 Å². The number of hydrogen-bond acceptors (Lipinski definition) is 3. The molecule has 0 spiro atoms. The van der Waals surface area contributed by atoms with E-state index in [-0.39, 0.29) is 0 Å². The van der Waals surface area contributed by atoms with Crippen molar-refractivity contribution in [3.8, 4) is 11.5 Å². The van der Waals surface area contributed by atoms with Crippen molar-refractivity contribution in [3.63, 3.8) is 0 Å². The van der Waals surface area contributed by atoms with Crippen molar-refractivity contribution in [2.75, 3.05) is 0 Å². The lowest BCUT2D eigenvalue weighted by Crippen LogP contribution is -1.99. The van der Waals surface area contributed by atoms with Crippen molar-refractivity contribution in [3.05, 3.63) is 53.9 Å². The molecule has 112 valence electrons. The Kier molecular flexibility index (Phi) is 5.34. The highest BCUT2D eigenvalue weighted by atomic mass is 16.5. The second kappa shape index (κ2) is 7.23. The number of rotatable bonds is 6. The second-order valence-corrected chi connectivity index (χ2v) is 5.29. The van der Waals surface area contributed by atoms with Crippen LogP contribution in [0, 0.1) is 0 Å². The molecule has 0 saturated carbocycles. The number of ether oxygens (including phenoxy) is 1. The summed E-state index contributed by atoms with van der Waals surface area (Å²) in [6, 6.07) is 11.8. The summed E-state index contributed by atoms with van der Waals surface area (Å²) in [5.74, 6) is 2.02. The molecule has 1 aromatic heterocycles. The average Bonchev–Trinajstić information content (AvgIpc) is 2.54. The Morgan fingerprint density at radius 1 is 1.10 bits per heavy atom. The molecule has 1 unspecified atom stereocenters. The summed E-state index contributed by atoms with van der Waals surface area (Å²) < 4.78 is 5.96. The second-order valence-electron chi connectivity index (χ2n) is 5.29. The van der Waals surface area contributed by atoms with E-state index in [0.717, 1.165) is 12.2 Å². The summed E-state index contributed by atoms with van der Waals surface area (Å²) in [7, 11) is 0. The van der Waals surface area contributed by atoms with Gasteiger partial charge in [-0.15, -0.1) is 0 Å². The Balaban J connectivity index is 2.19. The van der Waals surface area contributed by atoms with E-state index >= 15 is 0 Å². The molecule has 0 bridgehead atoms. The molecule has 0 aliphatic carbocycles. The van der Waals surface area contributed by atoms with Crippen molar-refractivity contribution < 1.29 is 9.84 Å². The van der Waals surface area contributed by atoms with Gasteiger partial charge in [-0.3, -0.25) is 4.98 Å². The van der Waals surface area contributed by atoms with Gasteiger partial charge < -0.3 is 9.84 Å². The minimum Gasteiger partial charge on any atom is -0.455 e. The number of para-hydroxylation sites is 1. The number of aromatic nitrogens is 1. The van der Waals surface area contributed by atoms with Gasteiger partial charge in [-0.05, 0) is 42.5 Å². The summed E-state index contributed by atoms with van der Waals surface area (Å²) in [6.07, 6.45) is 2.89. The van der Waals surface area contributed by atoms with Crippen LogP contribution in [0.15, 0.2) is 42.6 Å². The van der Waals surface area contributed by atoms with Crippen LogP contribution in [0.5, 0.6) is 11.5 Å². The fraction of sp³-hybridized carbons (Fsp3) is 0.389. The molecule has 2 atom stereocenters. The van der Waals surface area contributed by atoms with E-state index < -0.39 is 6.10 Å². The van der Waals surface area contributed by atoms with Crippen molar-refractivity contribution >= 4 is 0 Å². The zero-order valence-corrected chi connectivity index (χ0v) is 12.9. The molecular weight excluding hydrogens is 262 g/mol. The number of nitrogens with zero attached hydrogens (tertiary/aromatic N) is 1. The quantitative estimate of drug-likeness (QED) is 0.826. The summed E-state index contributed by atoms with van der Waals surface area (Å²) in [5, 5.41) is 9.76. The van der Waals surface area contributed by atoms with E-state index in [1.54, 1.807) is 6.20 Å². The maximum Gasteiger partial charge on any atom is 0.145 e. The molecule has 0 amide bonds. The Labute approximate surface area is 126 Å². The molecule has 2 aromatic rings. The van der Waals surface area contributed by atoms with E-state index in [2.05, 4.69) is 24.9 Å². The van der Waals surface area contributed by atoms with Crippen molar-refractivity contribution in [2.45, 2.75) is 45.6 Å². The number of benzene rings is 1. The van der Waals surface area contributed by atoms with Gasteiger partial charge >= 0.3 is 0 Å². The van der Waals surface area contributed by atoms with Gasteiger partial charge in [-0.2, -0.15) is 0 Å². The molecule has 0 saturated heterocycles. The Morgan fingerprint density at radius 2 is 1.86 bits per heavy atom. The van der Waals surface area contributed by atoms with Gasteiger partial charge in [0.15, 0.2) is 0 Å². The molecule has 1 N–H and O–H groups in total. The first kappa shape index (κ1) is 15.5. The molecule has 0 fully saturated rings. The summed E-state index contributed by atoms with van der Waals surface area (Å²) in [5.41, 5.74) is 1.89.